The molecule has 11 heteroatoms. The normalized spacial score (nSPS) is 22.5. The van der Waals surface area contributed by atoms with Crippen molar-refractivity contribution in [2.24, 2.45) is 5.41 Å². The Balaban J connectivity index is 1.38. The Hall–Kier alpha value is -3.41. The number of benzene rings is 3. The molecule has 3 heterocycles. The van der Waals surface area contributed by atoms with E-state index in [9.17, 15) is 26.7 Å². The maximum Gasteiger partial charge on any atom is 0.349 e. The van der Waals surface area contributed by atoms with Gasteiger partial charge >= 0.3 is 11.9 Å². The van der Waals surface area contributed by atoms with Gasteiger partial charge in [0.05, 0.1) is 19.8 Å². The Morgan fingerprint density at radius 2 is 1.39 bits per heavy atom. The summed E-state index contributed by atoms with van der Waals surface area (Å²) < 4.78 is 106. The maximum absolute atomic E-state index is 15.1. The Morgan fingerprint density at radius 1 is 0.816 bits per heavy atom. The van der Waals surface area contributed by atoms with Crippen LogP contribution in [-0.2, 0) is 20.2 Å². The molecule has 3 aliphatic heterocycles. The van der Waals surface area contributed by atoms with Crippen molar-refractivity contribution in [2.45, 2.75) is 25.7 Å². The minimum absolute atomic E-state index is 0.197. The van der Waals surface area contributed by atoms with E-state index in [2.05, 4.69) is 4.74 Å². The van der Waals surface area contributed by atoms with Crippen LogP contribution >= 0.6 is 0 Å². The second kappa shape index (κ2) is 9.72. The van der Waals surface area contributed by atoms with Crippen LogP contribution in [0.5, 0.6) is 5.75 Å². The number of fused-ring (bicyclic) bond motifs is 3. The highest BCUT2D eigenvalue weighted by molar-refractivity contribution is 5.92. The SMILES string of the molecule is CCCC12COC(c3ccc(-c4cc(F)c(C(=O)Oc5cc(F)c(F)c(F)c5)c(F)c4)c(F)c3)(OC1)OC2. The fourth-order valence-corrected chi connectivity index (χ4v) is 4.60. The molecule has 0 amide bonds. The van der Waals surface area contributed by atoms with Crippen LogP contribution in [0, 0.1) is 40.3 Å². The van der Waals surface area contributed by atoms with Crippen LogP contribution < -0.4 is 4.74 Å². The van der Waals surface area contributed by atoms with Crippen molar-refractivity contribution < 1.29 is 50.1 Å². The van der Waals surface area contributed by atoms with E-state index in [-0.39, 0.29) is 22.1 Å². The summed E-state index contributed by atoms with van der Waals surface area (Å²) in [5.41, 5.74) is -1.66. The molecule has 5 nitrogen and oxygen atoms in total. The number of hydrogen-bond acceptors (Lipinski definition) is 5. The highest BCUT2D eigenvalue weighted by atomic mass is 19.2. The summed E-state index contributed by atoms with van der Waals surface area (Å²) in [5.74, 6) is -12.9. The monoisotopic (exact) mass is 538 g/mol. The molecule has 0 atom stereocenters. The summed E-state index contributed by atoms with van der Waals surface area (Å²) in [6.07, 6.45) is 1.76. The summed E-state index contributed by atoms with van der Waals surface area (Å²) in [4.78, 5) is 12.3. The van der Waals surface area contributed by atoms with Gasteiger partial charge in [0, 0.05) is 28.7 Å². The molecule has 200 valence electrons. The van der Waals surface area contributed by atoms with E-state index in [1.807, 2.05) is 6.92 Å². The van der Waals surface area contributed by atoms with Gasteiger partial charge in [-0.3, -0.25) is 0 Å². The summed E-state index contributed by atoms with van der Waals surface area (Å²) in [7, 11) is 0. The molecule has 0 radical (unpaired) electrons. The first-order valence-corrected chi connectivity index (χ1v) is 11.6. The standard InChI is InChI=1S/C27H20F6O5/c1-2-5-26-11-35-27(36-12-26,37-13-26)15-3-4-17(18(28)8-15)14-6-19(29)23(20(30)7-14)25(34)38-16-9-21(31)24(33)22(32)10-16/h3-4,6-10H,2,5,11-13H2,1H3. The summed E-state index contributed by atoms with van der Waals surface area (Å²) >= 11 is 0. The lowest BCUT2D eigenvalue weighted by atomic mass is 9.83. The quantitative estimate of drug-likeness (QED) is 0.158. The fraction of sp³-hybridized carbons (Fsp3) is 0.296. The number of carbonyl (C=O) groups is 1. The zero-order valence-electron chi connectivity index (χ0n) is 19.9. The predicted molar refractivity (Wildman–Crippen MR) is 120 cm³/mol. The van der Waals surface area contributed by atoms with Crippen LogP contribution in [0.25, 0.3) is 11.1 Å². The van der Waals surface area contributed by atoms with E-state index >= 15 is 4.39 Å². The van der Waals surface area contributed by atoms with Crippen LogP contribution in [0.3, 0.4) is 0 Å². The van der Waals surface area contributed by atoms with Crippen molar-refractivity contribution in [1.82, 2.24) is 0 Å². The van der Waals surface area contributed by atoms with Gasteiger partial charge in [-0.1, -0.05) is 25.5 Å². The van der Waals surface area contributed by atoms with E-state index in [0.717, 1.165) is 18.9 Å². The van der Waals surface area contributed by atoms with Crippen molar-refractivity contribution in [3.05, 3.63) is 88.5 Å². The molecule has 0 saturated carbocycles. The summed E-state index contributed by atoms with van der Waals surface area (Å²) in [5, 5.41) is 0. The van der Waals surface area contributed by atoms with Gasteiger partial charge in [0.1, 0.15) is 28.8 Å². The summed E-state index contributed by atoms with van der Waals surface area (Å²) in [6, 6.07) is 5.86. The van der Waals surface area contributed by atoms with E-state index in [0.29, 0.717) is 44.1 Å². The Labute approximate surface area is 212 Å². The molecule has 3 aromatic carbocycles. The van der Waals surface area contributed by atoms with Gasteiger partial charge in [-0.05, 0) is 30.2 Å². The Morgan fingerprint density at radius 3 is 1.92 bits per heavy atom. The van der Waals surface area contributed by atoms with Crippen molar-refractivity contribution in [3.63, 3.8) is 0 Å². The fourth-order valence-electron chi connectivity index (χ4n) is 4.60. The largest absolute Gasteiger partial charge is 0.423 e. The highest BCUT2D eigenvalue weighted by Gasteiger charge is 2.53. The van der Waals surface area contributed by atoms with E-state index < -0.39 is 58.2 Å². The molecular formula is C27H20F6O5. The zero-order chi connectivity index (χ0) is 27.2. The third kappa shape index (κ3) is 4.55. The first-order valence-electron chi connectivity index (χ1n) is 11.6. The molecule has 38 heavy (non-hydrogen) atoms. The lowest BCUT2D eigenvalue weighted by molar-refractivity contribution is -0.480. The van der Waals surface area contributed by atoms with Gasteiger partial charge in [-0.15, -0.1) is 0 Å². The van der Waals surface area contributed by atoms with Gasteiger partial charge in [-0.2, -0.15) is 0 Å². The number of carbonyl (C=O) groups excluding carboxylic acids is 1. The number of ether oxygens (including phenoxy) is 4. The van der Waals surface area contributed by atoms with Crippen LogP contribution in [-0.4, -0.2) is 25.8 Å². The predicted octanol–water partition coefficient (Wildman–Crippen LogP) is 6.38. The van der Waals surface area contributed by atoms with Crippen molar-refractivity contribution >= 4 is 5.97 Å². The first-order chi connectivity index (χ1) is 18.1. The molecule has 0 N–H and O–H groups in total. The Kier molecular flexibility index (Phi) is 6.70. The van der Waals surface area contributed by atoms with Crippen molar-refractivity contribution in [1.29, 1.82) is 0 Å². The topological polar surface area (TPSA) is 54.0 Å². The minimum Gasteiger partial charge on any atom is -0.423 e. The molecule has 0 spiro atoms. The first kappa shape index (κ1) is 26.2. The second-order valence-corrected chi connectivity index (χ2v) is 9.27. The number of halogens is 6. The van der Waals surface area contributed by atoms with Gasteiger partial charge < -0.3 is 18.9 Å². The molecular weight excluding hydrogens is 518 g/mol. The molecule has 3 fully saturated rings. The molecule has 3 saturated heterocycles. The molecule has 0 aromatic heterocycles. The number of rotatable bonds is 6. The van der Waals surface area contributed by atoms with Gasteiger partial charge in [0.15, 0.2) is 17.5 Å². The third-order valence-corrected chi connectivity index (χ3v) is 6.53. The van der Waals surface area contributed by atoms with E-state index in [4.69, 9.17) is 14.2 Å². The average Bonchev–Trinajstić information content (AvgIpc) is 2.88. The molecule has 0 unspecified atom stereocenters. The zero-order valence-corrected chi connectivity index (χ0v) is 19.9. The number of esters is 1. The number of hydrogen-bond donors (Lipinski definition) is 0. The molecule has 3 aliphatic rings. The summed E-state index contributed by atoms with van der Waals surface area (Å²) in [6.45, 7) is 3.15. The third-order valence-electron chi connectivity index (χ3n) is 6.53. The molecule has 6 rings (SSSR count). The minimum atomic E-state index is -1.81. The molecule has 3 aromatic rings. The maximum atomic E-state index is 15.1. The van der Waals surface area contributed by atoms with Crippen LogP contribution in [0.4, 0.5) is 26.3 Å². The van der Waals surface area contributed by atoms with E-state index in [1.54, 1.807) is 0 Å². The highest BCUT2D eigenvalue weighted by Crippen LogP contribution is 2.46. The van der Waals surface area contributed by atoms with Crippen LogP contribution in [0.1, 0.15) is 35.7 Å². The van der Waals surface area contributed by atoms with E-state index in [1.165, 1.54) is 12.1 Å². The second-order valence-electron chi connectivity index (χ2n) is 9.27. The van der Waals surface area contributed by atoms with Crippen LogP contribution in [0.2, 0.25) is 0 Å². The van der Waals surface area contributed by atoms with Gasteiger partial charge in [-0.25, -0.2) is 31.1 Å². The smallest absolute Gasteiger partial charge is 0.349 e. The average molecular weight is 538 g/mol. The van der Waals surface area contributed by atoms with Gasteiger partial charge in [0.2, 0.25) is 0 Å². The van der Waals surface area contributed by atoms with Crippen molar-refractivity contribution in [3.8, 4) is 16.9 Å². The lowest BCUT2D eigenvalue weighted by Crippen LogP contribution is -2.58. The van der Waals surface area contributed by atoms with Gasteiger partial charge in [0.25, 0.3) is 0 Å². The molecule has 2 bridgehead atoms. The molecule has 0 aliphatic carbocycles. The van der Waals surface area contributed by atoms with Crippen molar-refractivity contribution in [2.75, 3.05) is 19.8 Å². The van der Waals surface area contributed by atoms with Crippen LogP contribution in [0.15, 0.2) is 42.5 Å². The lowest BCUT2D eigenvalue weighted by Gasteiger charge is -2.51. The Bertz CT molecular complexity index is 1350.